The van der Waals surface area contributed by atoms with Crippen LogP contribution in [0.25, 0.3) is 0 Å². The zero-order valence-electron chi connectivity index (χ0n) is 12.2. The Bertz CT molecular complexity index is 268. The maximum Gasteiger partial charge on any atom is -0.0230 e. The summed E-state index contributed by atoms with van der Waals surface area (Å²) in [5, 5.41) is 0. The molecular weight excluding hydrogens is 216 g/mol. The number of hydrogen-bond donors (Lipinski definition) is 0. The molecule has 0 unspecified atom stereocenters. The minimum absolute atomic E-state index is 0.794. The molecule has 0 amide bonds. The third-order valence-electron chi connectivity index (χ3n) is 5.07. The predicted octanol–water partition coefficient (Wildman–Crippen LogP) is 5.90. The van der Waals surface area contributed by atoms with Crippen molar-refractivity contribution in [3.8, 4) is 0 Å². The summed E-state index contributed by atoms with van der Waals surface area (Å²) in [7, 11) is 0. The summed E-state index contributed by atoms with van der Waals surface area (Å²) in [4.78, 5) is 0. The first-order valence-corrected chi connectivity index (χ1v) is 8.14. The van der Waals surface area contributed by atoms with Crippen molar-refractivity contribution in [1.29, 1.82) is 0 Å². The van der Waals surface area contributed by atoms with Gasteiger partial charge in [-0.3, -0.25) is 0 Å². The third-order valence-corrected chi connectivity index (χ3v) is 5.07. The molecule has 18 heavy (non-hydrogen) atoms. The maximum absolute atomic E-state index is 3.93. The predicted molar refractivity (Wildman–Crippen MR) is 80.6 cm³/mol. The van der Waals surface area contributed by atoms with Crippen LogP contribution in [0, 0.1) is 17.8 Å². The van der Waals surface area contributed by atoms with Crippen molar-refractivity contribution in [1.82, 2.24) is 0 Å². The lowest BCUT2D eigenvalue weighted by molar-refractivity contribution is 0.292. The normalized spacial score (nSPS) is 33.2. The molecular formula is C18H30. The standard InChI is InChI=1S/C18H30/c1-3-5-16-8-12-18(13-9-16)14-17-10-6-15(4-2)7-11-17/h4,14-16,18H,2-3,5-13H2,1H3. The van der Waals surface area contributed by atoms with Crippen molar-refractivity contribution in [2.45, 2.75) is 71.1 Å². The Hall–Kier alpha value is -0.520. The highest BCUT2D eigenvalue weighted by Crippen LogP contribution is 2.35. The summed E-state index contributed by atoms with van der Waals surface area (Å²) < 4.78 is 0. The molecule has 0 nitrogen and oxygen atoms in total. The van der Waals surface area contributed by atoms with E-state index in [-0.39, 0.29) is 0 Å². The van der Waals surface area contributed by atoms with E-state index < -0.39 is 0 Å². The Morgan fingerprint density at radius 1 is 1.00 bits per heavy atom. The van der Waals surface area contributed by atoms with Crippen LogP contribution in [0.4, 0.5) is 0 Å². The van der Waals surface area contributed by atoms with Crippen LogP contribution in [-0.2, 0) is 0 Å². The number of hydrogen-bond acceptors (Lipinski definition) is 0. The van der Waals surface area contributed by atoms with Crippen LogP contribution in [0.5, 0.6) is 0 Å². The molecule has 2 rings (SSSR count). The van der Waals surface area contributed by atoms with E-state index in [2.05, 4.69) is 25.7 Å². The lowest BCUT2D eigenvalue weighted by Gasteiger charge is -2.28. The van der Waals surface area contributed by atoms with Crippen molar-refractivity contribution < 1.29 is 0 Å². The van der Waals surface area contributed by atoms with E-state index in [1.165, 1.54) is 64.2 Å². The van der Waals surface area contributed by atoms with Gasteiger partial charge in [0.05, 0.1) is 0 Å². The molecule has 102 valence electrons. The molecule has 0 heterocycles. The van der Waals surface area contributed by atoms with Crippen LogP contribution in [-0.4, -0.2) is 0 Å². The molecule has 0 spiro atoms. The summed E-state index contributed by atoms with van der Waals surface area (Å²) in [5.41, 5.74) is 1.76. The van der Waals surface area contributed by atoms with Gasteiger partial charge in [0, 0.05) is 0 Å². The highest BCUT2D eigenvalue weighted by Gasteiger charge is 2.20. The van der Waals surface area contributed by atoms with Crippen molar-refractivity contribution in [2.24, 2.45) is 17.8 Å². The second kappa shape index (κ2) is 7.16. The van der Waals surface area contributed by atoms with Crippen LogP contribution in [0.15, 0.2) is 24.3 Å². The molecule has 0 aromatic rings. The Morgan fingerprint density at radius 2 is 1.67 bits per heavy atom. The monoisotopic (exact) mass is 246 g/mol. The first kappa shape index (κ1) is 13.9. The second-order valence-electron chi connectivity index (χ2n) is 6.47. The van der Waals surface area contributed by atoms with E-state index in [0.29, 0.717) is 0 Å². The molecule has 0 saturated heterocycles. The van der Waals surface area contributed by atoms with Gasteiger partial charge in [-0.1, -0.05) is 37.5 Å². The highest BCUT2D eigenvalue weighted by molar-refractivity contribution is 5.09. The zero-order chi connectivity index (χ0) is 12.8. The van der Waals surface area contributed by atoms with Gasteiger partial charge in [0.1, 0.15) is 0 Å². The van der Waals surface area contributed by atoms with E-state index in [1.54, 1.807) is 5.57 Å². The topological polar surface area (TPSA) is 0 Å². The summed E-state index contributed by atoms with van der Waals surface area (Å²) in [5.74, 6) is 2.75. The van der Waals surface area contributed by atoms with Crippen molar-refractivity contribution >= 4 is 0 Å². The molecule has 2 aliphatic rings. The van der Waals surface area contributed by atoms with Crippen LogP contribution in [0.2, 0.25) is 0 Å². The fourth-order valence-electron chi connectivity index (χ4n) is 3.80. The molecule has 0 heteroatoms. The SMILES string of the molecule is C=CC1CCC(=CC2CCC(CCC)CC2)CC1. The Labute approximate surface area is 114 Å². The van der Waals surface area contributed by atoms with Gasteiger partial charge >= 0.3 is 0 Å². The largest absolute Gasteiger partial charge is 0.103 e. The van der Waals surface area contributed by atoms with E-state index in [9.17, 15) is 0 Å². The summed E-state index contributed by atoms with van der Waals surface area (Å²) in [6, 6.07) is 0. The number of rotatable bonds is 4. The zero-order valence-corrected chi connectivity index (χ0v) is 12.2. The molecule has 2 saturated carbocycles. The van der Waals surface area contributed by atoms with Gasteiger partial charge in [-0.2, -0.15) is 0 Å². The lowest BCUT2D eigenvalue weighted by Crippen LogP contribution is -2.14. The third kappa shape index (κ3) is 4.00. The lowest BCUT2D eigenvalue weighted by atomic mass is 9.77. The van der Waals surface area contributed by atoms with Crippen molar-refractivity contribution in [2.75, 3.05) is 0 Å². The van der Waals surface area contributed by atoms with Crippen molar-refractivity contribution in [3.05, 3.63) is 24.3 Å². The molecule has 0 aliphatic heterocycles. The molecule has 0 N–H and O–H groups in total. The first-order chi connectivity index (χ1) is 8.81. The minimum atomic E-state index is 0.794. The summed E-state index contributed by atoms with van der Waals surface area (Å²) >= 11 is 0. The quantitative estimate of drug-likeness (QED) is 0.542. The first-order valence-electron chi connectivity index (χ1n) is 8.14. The van der Waals surface area contributed by atoms with E-state index >= 15 is 0 Å². The van der Waals surface area contributed by atoms with Crippen molar-refractivity contribution in [3.63, 3.8) is 0 Å². The van der Waals surface area contributed by atoms with Gasteiger partial charge < -0.3 is 0 Å². The van der Waals surface area contributed by atoms with Gasteiger partial charge in [-0.05, 0) is 69.1 Å². The smallest absolute Gasteiger partial charge is 0.0230 e. The van der Waals surface area contributed by atoms with Gasteiger partial charge in [-0.15, -0.1) is 6.58 Å². The minimum Gasteiger partial charge on any atom is -0.103 e. The average molecular weight is 246 g/mol. The van der Waals surface area contributed by atoms with Gasteiger partial charge in [-0.25, -0.2) is 0 Å². The number of allylic oxidation sites excluding steroid dienone is 3. The van der Waals surface area contributed by atoms with E-state index in [1.807, 2.05) is 0 Å². The Kier molecular flexibility index (Phi) is 5.53. The Balaban J connectivity index is 1.75. The van der Waals surface area contributed by atoms with Gasteiger partial charge in [0.2, 0.25) is 0 Å². The van der Waals surface area contributed by atoms with E-state index in [0.717, 1.165) is 17.8 Å². The summed E-state index contributed by atoms with van der Waals surface area (Å²) in [6.07, 6.45) is 18.9. The van der Waals surface area contributed by atoms with Crippen LogP contribution in [0.1, 0.15) is 71.1 Å². The summed E-state index contributed by atoms with van der Waals surface area (Å²) in [6.45, 7) is 6.26. The fraction of sp³-hybridized carbons (Fsp3) is 0.778. The van der Waals surface area contributed by atoms with Crippen LogP contribution < -0.4 is 0 Å². The van der Waals surface area contributed by atoms with Gasteiger partial charge in [0.15, 0.2) is 0 Å². The molecule has 0 radical (unpaired) electrons. The van der Waals surface area contributed by atoms with Crippen LogP contribution in [0.3, 0.4) is 0 Å². The molecule has 0 aromatic heterocycles. The molecule has 0 atom stereocenters. The molecule has 0 aromatic carbocycles. The highest BCUT2D eigenvalue weighted by atomic mass is 14.3. The maximum atomic E-state index is 3.93. The molecule has 2 fully saturated rings. The second-order valence-corrected chi connectivity index (χ2v) is 6.47. The van der Waals surface area contributed by atoms with Crippen LogP contribution >= 0.6 is 0 Å². The fourth-order valence-corrected chi connectivity index (χ4v) is 3.80. The molecule has 0 bridgehead atoms. The van der Waals surface area contributed by atoms with E-state index in [4.69, 9.17) is 0 Å². The molecule has 2 aliphatic carbocycles. The van der Waals surface area contributed by atoms with Gasteiger partial charge in [0.25, 0.3) is 0 Å². The Morgan fingerprint density at radius 3 is 2.22 bits per heavy atom. The average Bonchev–Trinajstić information content (AvgIpc) is 2.42.